The normalized spacial score (nSPS) is 11.1. The fourth-order valence-electron chi connectivity index (χ4n) is 2.76. The Morgan fingerprint density at radius 2 is 1.72 bits per heavy atom. The van der Waals surface area contributed by atoms with Gasteiger partial charge in [0.15, 0.2) is 17.2 Å². The van der Waals surface area contributed by atoms with Crippen LogP contribution in [0, 0.1) is 6.92 Å². The van der Waals surface area contributed by atoms with Crippen LogP contribution in [0.2, 0.25) is 0 Å². The number of hydrogen-bond acceptors (Lipinski definition) is 6. The molecule has 0 bridgehead atoms. The number of oxime groups is 1. The molecule has 0 aliphatic heterocycles. The number of aromatic nitrogens is 2. The zero-order valence-corrected chi connectivity index (χ0v) is 16.7. The van der Waals surface area contributed by atoms with Gasteiger partial charge in [-0.2, -0.15) is 5.10 Å². The summed E-state index contributed by atoms with van der Waals surface area (Å²) < 4.78 is 12.2. The van der Waals surface area contributed by atoms with E-state index in [1.165, 1.54) is 7.11 Å². The molecule has 150 valence electrons. The summed E-state index contributed by atoms with van der Waals surface area (Å²) in [4.78, 5) is 17.8. The largest absolute Gasteiger partial charge is 0.493 e. The van der Waals surface area contributed by atoms with E-state index >= 15 is 0 Å². The number of rotatable bonds is 7. The van der Waals surface area contributed by atoms with E-state index in [0.717, 1.165) is 5.56 Å². The molecule has 0 saturated heterocycles. The maximum atomic E-state index is 12.9. The van der Waals surface area contributed by atoms with Gasteiger partial charge in [-0.25, -0.2) is 4.68 Å². The number of nitrogens with one attached hydrogen (secondary N) is 1. The fraction of sp³-hybridized carbons (Fsp3) is 0.190. The van der Waals surface area contributed by atoms with Gasteiger partial charge in [0, 0.05) is 17.7 Å². The minimum atomic E-state index is -0.419. The highest BCUT2D eigenvalue weighted by Crippen LogP contribution is 2.30. The standard InChI is InChI=1S/C21H22N4O4/c1-14-5-7-15(8-6-14)20(24-29-4)21(26)23-19-11-12-22-25(19)16-9-10-17(27-2)18(13-16)28-3/h5-13H,1-4H3,(H,23,26). The number of benzene rings is 2. The molecule has 8 nitrogen and oxygen atoms in total. The molecule has 0 saturated carbocycles. The second kappa shape index (κ2) is 8.92. The number of hydrogen-bond donors (Lipinski definition) is 1. The summed E-state index contributed by atoms with van der Waals surface area (Å²) in [6.07, 6.45) is 1.59. The van der Waals surface area contributed by atoms with E-state index in [0.29, 0.717) is 28.6 Å². The molecular formula is C21H22N4O4. The van der Waals surface area contributed by atoms with E-state index in [1.807, 2.05) is 37.3 Å². The molecule has 2 aromatic carbocycles. The van der Waals surface area contributed by atoms with Gasteiger partial charge in [0.2, 0.25) is 0 Å². The molecule has 0 fully saturated rings. The number of aryl methyl sites for hydroxylation is 1. The first kappa shape index (κ1) is 19.9. The van der Waals surface area contributed by atoms with Gasteiger partial charge < -0.3 is 19.6 Å². The summed E-state index contributed by atoms with van der Waals surface area (Å²) in [6.45, 7) is 1.97. The number of ether oxygens (including phenoxy) is 2. The van der Waals surface area contributed by atoms with Crippen molar-refractivity contribution in [2.75, 3.05) is 26.6 Å². The molecule has 29 heavy (non-hydrogen) atoms. The molecule has 1 heterocycles. The lowest BCUT2D eigenvalue weighted by molar-refractivity contribution is -0.110. The predicted molar refractivity (Wildman–Crippen MR) is 110 cm³/mol. The van der Waals surface area contributed by atoms with Crippen molar-refractivity contribution in [1.82, 2.24) is 9.78 Å². The van der Waals surface area contributed by atoms with E-state index in [-0.39, 0.29) is 5.71 Å². The Labute approximate surface area is 168 Å². The van der Waals surface area contributed by atoms with E-state index in [1.54, 1.807) is 43.3 Å². The van der Waals surface area contributed by atoms with Crippen LogP contribution in [0.4, 0.5) is 5.82 Å². The maximum absolute atomic E-state index is 12.9. The molecule has 0 aliphatic rings. The van der Waals surface area contributed by atoms with Gasteiger partial charge in [-0.05, 0) is 19.1 Å². The topological polar surface area (TPSA) is 87.0 Å². The van der Waals surface area contributed by atoms with Crippen LogP contribution in [-0.4, -0.2) is 42.7 Å². The average Bonchev–Trinajstić information content (AvgIpc) is 3.20. The summed E-state index contributed by atoms with van der Waals surface area (Å²) >= 11 is 0. The van der Waals surface area contributed by atoms with Crippen molar-refractivity contribution in [3.05, 3.63) is 65.9 Å². The second-order valence-electron chi connectivity index (χ2n) is 6.11. The predicted octanol–water partition coefficient (Wildman–Crippen LogP) is 3.19. The van der Waals surface area contributed by atoms with Gasteiger partial charge in [0.25, 0.3) is 5.91 Å². The van der Waals surface area contributed by atoms with E-state index in [4.69, 9.17) is 14.3 Å². The van der Waals surface area contributed by atoms with Crippen molar-refractivity contribution < 1.29 is 19.1 Å². The molecule has 0 spiro atoms. The SMILES string of the molecule is CON=C(C(=O)Nc1ccnn1-c1ccc(OC)c(OC)c1)c1ccc(C)cc1. The lowest BCUT2D eigenvalue weighted by atomic mass is 10.1. The van der Waals surface area contributed by atoms with Gasteiger partial charge >= 0.3 is 0 Å². The second-order valence-corrected chi connectivity index (χ2v) is 6.11. The van der Waals surface area contributed by atoms with Crippen LogP contribution in [0.3, 0.4) is 0 Å². The average molecular weight is 394 g/mol. The molecular weight excluding hydrogens is 372 g/mol. The highest BCUT2D eigenvalue weighted by molar-refractivity contribution is 6.48. The Hall–Kier alpha value is -3.81. The Balaban J connectivity index is 1.90. The van der Waals surface area contributed by atoms with Crippen molar-refractivity contribution in [3.63, 3.8) is 0 Å². The number of methoxy groups -OCH3 is 2. The summed E-state index contributed by atoms with van der Waals surface area (Å²) in [6, 6.07) is 14.5. The van der Waals surface area contributed by atoms with Crippen molar-refractivity contribution in [2.24, 2.45) is 5.16 Å². The lowest BCUT2D eigenvalue weighted by Crippen LogP contribution is -2.25. The van der Waals surface area contributed by atoms with Gasteiger partial charge in [0.1, 0.15) is 12.9 Å². The first-order valence-electron chi connectivity index (χ1n) is 8.83. The molecule has 8 heteroatoms. The van der Waals surface area contributed by atoms with Crippen LogP contribution in [0.15, 0.2) is 59.9 Å². The Morgan fingerprint density at radius 3 is 2.38 bits per heavy atom. The van der Waals surface area contributed by atoms with Gasteiger partial charge in [-0.15, -0.1) is 0 Å². The number of carbonyl (C=O) groups excluding carboxylic acids is 1. The molecule has 0 atom stereocenters. The molecule has 1 aromatic heterocycles. The highest BCUT2D eigenvalue weighted by atomic mass is 16.6. The van der Waals surface area contributed by atoms with Crippen LogP contribution in [0.1, 0.15) is 11.1 Å². The first-order valence-corrected chi connectivity index (χ1v) is 8.83. The van der Waals surface area contributed by atoms with Crippen LogP contribution in [0.5, 0.6) is 11.5 Å². The van der Waals surface area contributed by atoms with Crippen molar-refractivity contribution in [3.8, 4) is 17.2 Å². The summed E-state index contributed by atoms with van der Waals surface area (Å²) in [5, 5.41) is 11.0. The monoisotopic (exact) mass is 394 g/mol. The fourth-order valence-corrected chi connectivity index (χ4v) is 2.76. The molecule has 0 aliphatic carbocycles. The Morgan fingerprint density at radius 1 is 1.00 bits per heavy atom. The van der Waals surface area contributed by atoms with Crippen molar-refractivity contribution in [2.45, 2.75) is 6.92 Å². The molecule has 0 radical (unpaired) electrons. The zero-order valence-electron chi connectivity index (χ0n) is 16.7. The number of amides is 1. The Kier molecular flexibility index (Phi) is 6.13. The summed E-state index contributed by atoms with van der Waals surface area (Å²) in [5.74, 6) is 1.21. The van der Waals surface area contributed by atoms with Gasteiger partial charge in [-0.1, -0.05) is 35.0 Å². The first-order chi connectivity index (χ1) is 14.1. The van der Waals surface area contributed by atoms with Crippen molar-refractivity contribution >= 4 is 17.4 Å². The van der Waals surface area contributed by atoms with Gasteiger partial charge in [0.05, 0.1) is 26.1 Å². The summed E-state index contributed by atoms with van der Waals surface area (Å²) in [7, 11) is 4.52. The van der Waals surface area contributed by atoms with Crippen LogP contribution in [0.25, 0.3) is 5.69 Å². The van der Waals surface area contributed by atoms with E-state index in [9.17, 15) is 4.79 Å². The van der Waals surface area contributed by atoms with Crippen LogP contribution < -0.4 is 14.8 Å². The van der Waals surface area contributed by atoms with E-state index < -0.39 is 5.91 Å². The number of anilines is 1. The van der Waals surface area contributed by atoms with Crippen LogP contribution >= 0.6 is 0 Å². The smallest absolute Gasteiger partial charge is 0.279 e. The maximum Gasteiger partial charge on any atom is 0.279 e. The van der Waals surface area contributed by atoms with Gasteiger partial charge in [-0.3, -0.25) is 4.79 Å². The zero-order chi connectivity index (χ0) is 20.8. The minimum absolute atomic E-state index is 0.160. The molecule has 1 N–H and O–H groups in total. The van der Waals surface area contributed by atoms with Crippen LogP contribution in [-0.2, 0) is 9.63 Å². The summed E-state index contributed by atoms with van der Waals surface area (Å²) in [5.41, 5.74) is 2.58. The Bertz CT molecular complexity index is 1030. The third-order valence-electron chi connectivity index (χ3n) is 4.22. The highest BCUT2D eigenvalue weighted by Gasteiger charge is 2.18. The lowest BCUT2D eigenvalue weighted by Gasteiger charge is -2.13. The molecule has 3 aromatic rings. The molecule has 3 rings (SSSR count). The van der Waals surface area contributed by atoms with Crippen molar-refractivity contribution in [1.29, 1.82) is 0 Å². The third kappa shape index (κ3) is 4.37. The van der Waals surface area contributed by atoms with E-state index in [2.05, 4.69) is 15.6 Å². The molecule has 1 amide bonds. The molecule has 0 unspecified atom stereocenters. The minimum Gasteiger partial charge on any atom is -0.493 e. The third-order valence-corrected chi connectivity index (χ3v) is 4.22. The number of nitrogens with zero attached hydrogens (tertiary/aromatic N) is 3. The quantitative estimate of drug-likeness (QED) is 0.491. The number of carbonyl (C=O) groups is 1.